The van der Waals surface area contributed by atoms with Crippen LogP contribution in [-0.2, 0) is 10.0 Å². The number of nitro groups is 1. The van der Waals surface area contributed by atoms with Gasteiger partial charge in [0.15, 0.2) is 4.34 Å². The lowest BCUT2D eigenvalue weighted by molar-refractivity contribution is -0.384. The molecule has 1 aromatic heterocycles. The Labute approximate surface area is 125 Å². The normalized spacial score (nSPS) is 18.8. The van der Waals surface area contributed by atoms with Crippen LogP contribution in [0.3, 0.4) is 0 Å². The zero-order chi connectivity index (χ0) is 15.1. The molecule has 1 N–H and O–H groups in total. The Morgan fingerprint density at radius 1 is 1.60 bits per heavy atom. The molecule has 0 unspecified atom stereocenters. The SMILES string of the molecule is CCCC1(O)CN(S(=O)(=O)c2cc([N+](=O)[O-])c(Cl)s2)C1. The lowest BCUT2D eigenvalue weighted by atomic mass is 9.92. The predicted octanol–water partition coefficient (Wildman–Crippen LogP) is 1.85. The third-order valence-electron chi connectivity index (χ3n) is 3.09. The zero-order valence-corrected chi connectivity index (χ0v) is 13.0. The molecule has 20 heavy (non-hydrogen) atoms. The van der Waals surface area contributed by atoms with Gasteiger partial charge in [0.2, 0.25) is 0 Å². The van der Waals surface area contributed by atoms with Gasteiger partial charge in [-0.05, 0) is 6.42 Å². The molecule has 10 heteroatoms. The molecule has 7 nitrogen and oxygen atoms in total. The molecule has 0 amide bonds. The Balaban J connectivity index is 2.21. The number of sulfonamides is 1. The van der Waals surface area contributed by atoms with Crippen LogP contribution in [0.1, 0.15) is 19.8 Å². The summed E-state index contributed by atoms with van der Waals surface area (Å²) in [5.41, 5.74) is -1.41. The van der Waals surface area contributed by atoms with Gasteiger partial charge in [0.05, 0.1) is 10.5 Å². The lowest BCUT2D eigenvalue weighted by Gasteiger charge is -2.45. The average Bonchev–Trinajstić information content (AvgIpc) is 2.69. The number of rotatable bonds is 5. The standard InChI is InChI=1S/C10H13ClN2O5S2/c1-2-3-10(14)5-12(6-10)20(17,18)8-4-7(13(15)16)9(11)19-8/h4,14H,2-3,5-6H2,1H3. The van der Waals surface area contributed by atoms with Crippen molar-refractivity contribution >= 4 is 38.6 Å². The van der Waals surface area contributed by atoms with E-state index in [2.05, 4.69) is 0 Å². The first-order valence-corrected chi connectivity index (χ1v) is 8.49. The Hall–Kier alpha value is -0.740. The van der Waals surface area contributed by atoms with Crippen LogP contribution in [0.25, 0.3) is 0 Å². The fourth-order valence-corrected chi connectivity index (χ4v) is 5.54. The Kier molecular flexibility index (Phi) is 4.09. The van der Waals surface area contributed by atoms with E-state index < -0.39 is 26.2 Å². The van der Waals surface area contributed by atoms with Crippen molar-refractivity contribution in [1.82, 2.24) is 4.31 Å². The van der Waals surface area contributed by atoms with Crippen molar-refractivity contribution in [3.8, 4) is 0 Å². The first-order valence-electron chi connectivity index (χ1n) is 5.86. The summed E-state index contributed by atoms with van der Waals surface area (Å²) in [5.74, 6) is 0. The molecule has 1 aliphatic heterocycles. The van der Waals surface area contributed by atoms with E-state index >= 15 is 0 Å². The van der Waals surface area contributed by atoms with Crippen molar-refractivity contribution in [3.05, 3.63) is 20.5 Å². The van der Waals surface area contributed by atoms with Gasteiger partial charge in [-0.1, -0.05) is 24.9 Å². The summed E-state index contributed by atoms with van der Waals surface area (Å²) in [6.07, 6.45) is 1.27. The summed E-state index contributed by atoms with van der Waals surface area (Å²) in [5, 5.41) is 20.7. The van der Waals surface area contributed by atoms with Gasteiger partial charge in [0, 0.05) is 19.2 Å². The molecule has 0 radical (unpaired) electrons. The maximum Gasteiger partial charge on any atom is 0.300 e. The molecule has 0 saturated carbocycles. The van der Waals surface area contributed by atoms with Crippen LogP contribution in [0.5, 0.6) is 0 Å². The quantitative estimate of drug-likeness (QED) is 0.651. The van der Waals surface area contributed by atoms with Crippen molar-refractivity contribution in [1.29, 1.82) is 0 Å². The summed E-state index contributed by atoms with van der Waals surface area (Å²) in [7, 11) is -3.82. The topological polar surface area (TPSA) is 101 Å². The van der Waals surface area contributed by atoms with E-state index in [1.54, 1.807) is 0 Å². The first-order chi connectivity index (χ1) is 9.19. The molecule has 1 fully saturated rings. The van der Waals surface area contributed by atoms with Gasteiger partial charge in [-0.25, -0.2) is 8.42 Å². The minimum Gasteiger partial charge on any atom is -0.387 e. The summed E-state index contributed by atoms with van der Waals surface area (Å²) in [4.78, 5) is 9.96. The second-order valence-electron chi connectivity index (χ2n) is 4.73. The number of aliphatic hydroxyl groups is 1. The van der Waals surface area contributed by atoms with Crippen LogP contribution in [0, 0.1) is 10.1 Å². The van der Waals surface area contributed by atoms with Gasteiger partial charge in [0.1, 0.15) is 4.21 Å². The van der Waals surface area contributed by atoms with Crippen LogP contribution < -0.4 is 0 Å². The maximum atomic E-state index is 12.2. The number of thiophene rings is 1. The van der Waals surface area contributed by atoms with Gasteiger partial charge in [-0.2, -0.15) is 4.31 Å². The number of β-amino-alcohol motifs (C(OH)–C–C–N with tert-alkyl or cyclic N) is 1. The first kappa shape index (κ1) is 15.6. The Bertz CT molecular complexity index is 636. The van der Waals surface area contributed by atoms with Crippen molar-refractivity contribution in [3.63, 3.8) is 0 Å². The summed E-state index contributed by atoms with van der Waals surface area (Å²) >= 11 is 6.32. The fourth-order valence-electron chi connectivity index (χ4n) is 2.12. The van der Waals surface area contributed by atoms with Crippen molar-refractivity contribution in [2.75, 3.05) is 13.1 Å². The smallest absolute Gasteiger partial charge is 0.300 e. The average molecular weight is 341 g/mol. The van der Waals surface area contributed by atoms with Crippen LogP contribution in [0.15, 0.2) is 10.3 Å². The molecule has 1 saturated heterocycles. The van der Waals surface area contributed by atoms with Gasteiger partial charge in [-0.15, -0.1) is 11.3 Å². The van der Waals surface area contributed by atoms with E-state index in [1.165, 1.54) is 0 Å². The molecule has 0 atom stereocenters. The highest BCUT2D eigenvalue weighted by molar-refractivity contribution is 7.91. The largest absolute Gasteiger partial charge is 0.387 e. The summed E-state index contributed by atoms with van der Waals surface area (Å²) < 4.78 is 25.2. The van der Waals surface area contributed by atoms with Crippen molar-refractivity contribution < 1.29 is 18.4 Å². The third kappa shape index (κ3) is 2.68. The van der Waals surface area contributed by atoms with Crippen molar-refractivity contribution in [2.24, 2.45) is 0 Å². The van der Waals surface area contributed by atoms with Crippen LogP contribution in [0.4, 0.5) is 5.69 Å². The van der Waals surface area contributed by atoms with Gasteiger partial charge < -0.3 is 5.11 Å². The molecule has 2 rings (SSSR count). The molecule has 1 aromatic rings. The Morgan fingerprint density at radius 2 is 2.20 bits per heavy atom. The van der Waals surface area contributed by atoms with Gasteiger partial charge in [0.25, 0.3) is 15.7 Å². The third-order valence-corrected chi connectivity index (χ3v) is 6.67. The molecule has 0 aromatic carbocycles. The highest BCUT2D eigenvalue weighted by Crippen LogP contribution is 2.39. The zero-order valence-electron chi connectivity index (χ0n) is 10.6. The molecule has 0 aliphatic carbocycles. The van der Waals surface area contributed by atoms with E-state index in [4.69, 9.17) is 11.6 Å². The number of hydrogen-bond acceptors (Lipinski definition) is 6. The molecule has 0 spiro atoms. The second-order valence-corrected chi connectivity index (χ2v) is 8.55. The number of nitrogens with zero attached hydrogens (tertiary/aromatic N) is 2. The predicted molar refractivity (Wildman–Crippen MR) is 74.6 cm³/mol. The van der Waals surface area contributed by atoms with E-state index in [-0.39, 0.29) is 21.6 Å². The Morgan fingerprint density at radius 3 is 2.65 bits per heavy atom. The molecule has 1 aliphatic rings. The van der Waals surface area contributed by atoms with Crippen molar-refractivity contribution in [2.45, 2.75) is 29.6 Å². The van der Waals surface area contributed by atoms with Crippen LogP contribution >= 0.6 is 22.9 Å². The molecule has 112 valence electrons. The van der Waals surface area contributed by atoms with E-state index in [1.807, 2.05) is 6.92 Å². The number of hydrogen-bond donors (Lipinski definition) is 1. The van der Waals surface area contributed by atoms with E-state index in [0.29, 0.717) is 17.8 Å². The van der Waals surface area contributed by atoms with E-state index in [9.17, 15) is 23.6 Å². The van der Waals surface area contributed by atoms with Gasteiger partial charge in [-0.3, -0.25) is 10.1 Å². The highest BCUT2D eigenvalue weighted by Gasteiger charge is 2.47. The molecule has 2 heterocycles. The summed E-state index contributed by atoms with van der Waals surface area (Å²) in [6.45, 7) is 1.91. The highest BCUT2D eigenvalue weighted by atomic mass is 35.5. The molecular formula is C10H13ClN2O5S2. The van der Waals surface area contributed by atoms with E-state index in [0.717, 1.165) is 16.8 Å². The minimum absolute atomic E-state index is 0.00644. The number of halogens is 1. The van der Waals surface area contributed by atoms with Crippen LogP contribution in [-0.4, -0.2) is 41.4 Å². The minimum atomic E-state index is -3.82. The van der Waals surface area contributed by atoms with Crippen LogP contribution in [0.2, 0.25) is 4.34 Å². The monoisotopic (exact) mass is 340 g/mol. The molecule has 0 bridgehead atoms. The van der Waals surface area contributed by atoms with Gasteiger partial charge >= 0.3 is 0 Å². The lowest BCUT2D eigenvalue weighted by Crippen LogP contribution is -2.63. The molecular weight excluding hydrogens is 328 g/mol. The summed E-state index contributed by atoms with van der Waals surface area (Å²) in [6, 6.07) is 0.958. The second kappa shape index (κ2) is 5.23. The fraction of sp³-hybridized carbons (Fsp3) is 0.600. The maximum absolute atomic E-state index is 12.2.